The van der Waals surface area contributed by atoms with Crippen molar-refractivity contribution < 1.29 is 0 Å². The van der Waals surface area contributed by atoms with Gasteiger partial charge in [0.25, 0.3) is 0 Å². The van der Waals surface area contributed by atoms with Crippen molar-refractivity contribution in [3.05, 3.63) is 59.8 Å². The number of hydrogen-bond acceptors (Lipinski definition) is 0. The highest BCUT2D eigenvalue weighted by Gasteiger charge is 2.24. The first kappa shape index (κ1) is 27.7. The highest BCUT2D eigenvalue weighted by molar-refractivity contribution is 5.32. The molecular formula is C31H52. The van der Waals surface area contributed by atoms with Crippen LogP contribution in [0, 0.1) is 23.7 Å². The van der Waals surface area contributed by atoms with Gasteiger partial charge in [0.2, 0.25) is 0 Å². The molecule has 0 heteroatoms. The van der Waals surface area contributed by atoms with Crippen LogP contribution in [0.3, 0.4) is 0 Å². The van der Waals surface area contributed by atoms with E-state index in [0.717, 1.165) is 11.8 Å². The first-order chi connectivity index (χ1) is 14.6. The van der Waals surface area contributed by atoms with Crippen LogP contribution in [0.5, 0.6) is 0 Å². The zero-order valence-electron chi connectivity index (χ0n) is 21.9. The van der Waals surface area contributed by atoms with Gasteiger partial charge < -0.3 is 0 Å². The van der Waals surface area contributed by atoms with E-state index < -0.39 is 0 Å². The van der Waals surface area contributed by atoms with Crippen LogP contribution in [-0.4, -0.2) is 0 Å². The van der Waals surface area contributed by atoms with Gasteiger partial charge in [-0.3, -0.25) is 0 Å². The van der Waals surface area contributed by atoms with Crippen LogP contribution in [0.15, 0.2) is 59.8 Å². The number of rotatable bonds is 3. The van der Waals surface area contributed by atoms with E-state index in [1.807, 2.05) is 0 Å². The van der Waals surface area contributed by atoms with Crippen LogP contribution < -0.4 is 0 Å². The molecule has 0 N–H and O–H groups in total. The molecule has 0 nitrogen and oxygen atoms in total. The van der Waals surface area contributed by atoms with Crippen molar-refractivity contribution in [1.29, 1.82) is 0 Å². The molecule has 0 radical (unpaired) electrons. The van der Waals surface area contributed by atoms with Gasteiger partial charge in [0, 0.05) is 0 Å². The Hall–Kier alpha value is -1.30. The summed E-state index contributed by atoms with van der Waals surface area (Å²) in [7, 11) is 0. The Kier molecular flexibility index (Phi) is 13.2. The highest BCUT2D eigenvalue weighted by Crippen LogP contribution is 2.37. The largest absolute Gasteiger partial charge is 0.0956 e. The topological polar surface area (TPSA) is 0 Å². The molecule has 0 aromatic rings. The minimum absolute atomic E-state index is 0.680. The van der Waals surface area contributed by atoms with Crippen LogP contribution in [-0.2, 0) is 0 Å². The molecule has 3 aliphatic rings. The van der Waals surface area contributed by atoms with Crippen molar-refractivity contribution in [2.24, 2.45) is 23.7 Å². The Morgan fingerprint density at radius 3 is 1.61 bits per heavy atom. The Labute approximate surface area is 195 Å². The van der Waals surface area contributed by atoms with E-state index in [0.29, 0.717) is 11.8 Å². The van der Waals surface area contributed by atoms with Gasteiger partial charge in [-0.2, -0.15) is 0 Å². The van der Waals surface area contributed by atoms with Crippen molar-refractivity contribution in [3.63, 3.8) is 0 Å². The molecule has 0 amide bonds. The average Bonchev–Trinajstić information content (AvgIpc) is 3.04. The molecule has 3 saturated carbocycles. The van der Waals surface area contributed by atoms with Crippen LogP contribution in [0.25, 0.3) is 0 Å². The average molecular weight is 425 g/mol. The van der Waals surface area contributed by atoms with Crippen LogP contribution in [0.1, 0.15) is 112 Å². The summed E-state index contributed by atoms with van der Waals surface area (Å²) < 4.78 is 0. The van der Waals surface area contributed by atoms with E-state index in [2.05, 4.69) is 73.4 Å². The molecule has 0 bridgehead atoms. The summed E-state index contributed by atoms with van der Waals surface area (Å²) in [5.74, 6) is 2.90. The van der Waals surface area contributed by atoms with Gasteiger partial charge in [0.1, 0.15) is 0 Å². The van der Waals surface area contributed by atoms with Crippen LogP contribution >= 0.6 is 0 Å². The standard InChI is InChI=1S/C11H18.C10H16.C10H18/c1-9(2)8-11-7-5-4-6-10(11)3;1-7(2)10-6-5-8(3)9(10)4;1-9(2)8-10-6-4-3-5-7-10/h8-9H,3-7H2,1-2H3;7,10H,3-6H2,1-2H3;8-9H,3-7H2,1-2H3/b11-8+;;. The lowest BCUT2D eigenvalue weighted by molar-refractivity contribution is 0.454. The monoisotopic (exact) mass is 424 g/mol. The molecule has 0 aliphatic heterocycles. The summed E-state index contributed by atoms with van der Waals surface area (Å²) in [6, 6.07) is 0. The van der Waals surface area contributed by atoms with E-state index in [-0.39, 0.29) is 0 Å². The number of allylic oxidation sites excluding steroid dienone is 7. The third-order valence-corrected chi connectivity index (χ3v) is 6.69. The maximum Gasteiger partial charge on any atom is -0.0139 e. The van der Waals surface area contributed by atoms with Gasteiger partial charge in [0.15, 0.2) is 0 Å². The fourth-order valence-electron chi connectivity index (χ4n) is 4.90. The Bertz CT molecular complexity index is 627. The predicted octanol–water partition coefficient (Wildman–Crippen LogP) is 10.4. The number of hydrogen-bond donors (Lipinski definition) is 0. The lowest BCUT2D eigenvalue weighted by atomic mass is 9.89. The minimum Gasteiger partial charge on any atom is -0.0956 e. The van der Waals surface area contributed by atoms with E-state index in [9.17, 15) is 0 Å². The second-order valence-corrected chi connectivity index (χ2v) is 10.9. The Balaban J connectivity index is 0.000000233. The predicted molar refractivity (Wildman–Crippen MR) is 142 cm³/mol. The van der Waals surface area contributed by atoms with Gasteiger partial charge >= 0.3 is 0 Å². The van der Waals surface area contributed by atoms with E-state index in [4.69, 9.17) is 0 Å². The molecule has 3 aliphatic carbocycles. The maximum atomic E-state index is 4.08. The summed E-state index contributed by atoms with van der Waals surface area (Å²) in [4.78, 5) is 0. The fraction of sp³-hybridized carbons (Fsp3) is 0.677. The van der Waals surface area contributed by atoms with Crippen molar-refractivity contribution in [2.75, 3.05) is 0 Å². The summed E-state index contributed by atoms with van der Waals surface area (Å²) in [6.45, 7) is 25.6. The summed E-state index contributed by atoms with van der Waals surface area (Å²) in [5.41, 5.74) is 7.19. The first-order valence-electron chi connectivity index (χ1n) is 13.1. The molecule has 31 heavy (non-hydrogen) atoms. The SMILES string of the molecule is C=C1CCC(C(C)C)C1=C.C=C1CCCC/C1=C\C(C)C.CC(C)C=C1CCCCC1. The Morgan fingerprint density at radius 2 is 1.19 bits per heavy atom. The minimum atomic E-state index is 0.680. The van der Waals surface area contributed by atoms with Gasteiger partial charge in [-0.1, -0.05) is 96.6 Å². The van der Waals surface area contributed by atoms with Gasteiger partial charge in [0.05, 0.1) is 0 Å². The molecule has 0 aromatic carbocycles. The molecule has 0 aromatic heterocycles. The lowest BCUT2D eigenvalue weighted by Gasteiger charge is -2.17. The quantitative estimate of drug-likeness (QED) is 0.395. The smallest absolute Gasteiger partial charge is 0.0139 e. The van der Waals surface area contributed by atoms with Crippen LogP contribution in [0.2, 0.25) is 0 Å². The van der Waals surface area contributed by atoms with Crippen molar-refractivity contribution in [3.8, 4) is 0 Å². The normalized spacial score (nSPS) is 23.1. The zero-order valence-corrected chi connectivity index (χ0v) is 21.9. The van der Waals surface area contributed by atoms with Gasteiger partial charge in [-0.15, -0.1) is 0 Å². The fourth-order valence-corrected chi connectivity index (χ4v) is 4.90. The molecule has 0 spiro atoms. The van der Waals surface area contributed by atoms with E-state index >= 15 is 0 Å². The summed E-state index contributed by atoms with van der Waals surface area (Å²) in [6.07, 6.45) is 19.5. The molecular weight excluding hydrogens is 372 g/mol. The van der Waals surface area contributed by atoms with Crippen molar-refractivity contribution >= 4 is 0 Å². The first-order valence-corrected chi connectivity index (χ1v) is 13.1. The molecule has 1 atom stereocenters. The zero-order chi connectivity index (χ0) is 23.4. The molecule has 0 saturated heterocycles. The lowest BCUT2D eigenvalue weighted by Crippen LogP contribution is -2.04. The summed E-state index contributed by atoms with van der Waals surface area (Å²) in [5, 5.41) is 0. The third-order valence-electron chi connectivity index (χ3n) is 6.69. The van der Waals surface area contributed by atoms with Gasteiger partial charge in [-0.25, -0.2) is 0 Å². The van der Waals surface area contributed by atoms with Gasteiger partial charge in [-0.05, 0) is 99.0 Å². The second kappa shape index (κ2) is 14.7. The van der Waals surface area contributed by atoms with Crippen molar-refractivity contribution in [1.82, 2.24) is 0 Å². The molecule has 0 heterocycles. The third kappa shape index (κ3) is 11.2. The van der Waals surface area contributed by atoms with E-state index in [1.165, 1.54) is 92.9 Å². The van der Waals surface area contributed by atoms with Crippen LogP contribution in [0.4, 0.5) is 0 Å². The maximum absolute atomic E-state index is 4.08. The van der Waals surface area contributed by atoms with Crippen molar-refractivity contribution in [2.45, 2.75) is 112 Å². The second-order valence-electron chi connectivity index (χ2n) is 10.9. The molecule has 3 fully saturated rings. The molecule has 1 unspecified atom stereocenters. The highest BCUT2D eigenvalue weighted by atomic mass is 14.3. The Morgan fingerprint density at radius 1 is 0.645 bits per heavy atom. The molecule has 3 rings (SSSR count). The van der Waals surface area contributed by atoms with E-state index in [1.54, 1.807) is 5.57 Å². The molecule has 176 valence electrons. The summed E-state index contributed by atoms with van der Waals surface area (Å²) >= 11 is 0.